The third-order valence-electron chi connectivity index (χ3n) is 6.02. The molecular formula is C24H27N3O5. The molecule has 0 radical (unpaired) electrons. The van der Waals surface area contributed by atoms with Gasteiger partial charge in [-0.15, -0.1) is 0 Å². The van der Waals surface area contributed by atoms with Gasteiger partial charge in [-0.25, -0.2) is 0 Å². The molecule has 1 saturated heterocycles. The Kier molecular flexibility index (Phi) is 6.14. The van der Waals surface area contributed by atoms with Crippen LogP contribution in [-0.4, -0.2) is 60.6 Å². The van der Waals surface area contributed by atoms with E-state index in [0.717, 1.165) is 5.56 Å². The monoisotopic (exact) mass is 437 g/mol. The molecule has 4 rings (SSSR count). The molecule has 2 amide bonds. The highest BCUT2D eigenvalue weighted by molar-refractivity contribution is 5.98. The lowest BCUT2D eigenvalue weighted by Crippen LogP contribution is -2.59. The number of nitrogens with zero attached hydrogens (tertiary/aromatic N) is 1. The van der Waals surface area contributed by atoms with Crippen molar-refractivity contribution in [1.82, 2.24) is 10.2 Å². The van der Waals surface area contributed by atoms with Gasteiger partial charge in [-0.05, 0) is 31.0 Å². The number of esters is 1. The molecule has 0 aromatic heterocycles. The molecule has 8 heteroatoms. The third kappa shape index (κ3) is 4.18. The number of ether oxygens (including phenoxy) is 2. The van der Waals surface area contributed by atoms with E-state index in [9.17, 15) is 14.4 Å². The van der Waals surface area contributed by atoms with Crippen molar-refractivity contribution in [1.29, 1.82) is 0 Å². The maximum Gasteiger partial charge on any atom is 0.313 e. The van der Waals surface area contributed by atoms with Gasteiger partial charge in [0.15, 0.2) is 0 Å². The number of hydrogen-bond donors (Lipinski definition) is 2. The van der Waals surface area contributed by atoms with Crippen LogP contribution in [0.2, 0.25) is 0 Å². The number of fused-ring (bicyclic) bond motifs is 1. The van der Waals surface area contributed by atoms with Gasteiger partial charge in [-0.1, -0.05) is 42.5 Å². The summed E-state index contributed by atoms with van der Waals surface area (Å²) in [4.78, 5) is 40.5. The predicted molar refractivity (Wildman–Crippen MR) is 117 cm³/mol. The van der Waals surface area contributed by atoms with Crippen LogP contribution in [0.5, 0.6) is 5.75 Å². The Morgan fingerprint density at radius 2 is 1.94 bits per heavy atom. The SMILES string of the molecule is CCOC(=O)[C@@H]1CN(C(=O)[C@@H](N)Cc2ccccc2)C[C@]12COc1ccccc1C(=O)N2. The quantitative estimate of drug-likeness (QED) is 0.679. The summed E-state index contributed by atoms with van der Waals surface area (Å²) >= 11 is 0. The summed E-state index contributed by atoms with van der Waals surface area (Å²) in [5.74, 6) is -1.44. The normalized spacial score (nSPS) is 23.0. The maximum atomic E-state index is 13.2. The fourth-order valence-electron chi connectivity index (χ4n) is 4.40. The Balaban J connectivity index is 1.58. The summed E-state index contributed by atoms with van der Waals surface area (Å²) in [7, 11) is 0. The Morgan fingerprint density at radius 1 is 1.22 bits per heavy atom. The molecule has 2 aliphatic rings. The molecular weight excluding hydrogens is 410 g/mol. The van der Waals surface area contributed by atoms with Gasteiger partial charge in [0, 0.05) is 13.1 Å². The van der Waals surface area contributed by atoms with Crippen LogP contribution in [0.4, 0.5) is 0 Å². The topological polar surface area (TPSA) is 111 Å². The average molecular weight is 437 g/mol. The van der Waals surface area contributed by atoms with Crippen molar-refractivity contribution in [3.63, 3.8) is 0 Å². The highest BCUT2D eigenvalue weighted by Gasteiger charge is 2.55. The molecule has 0 bridgehead atoms. The van der Waals surface area contributed by atoms with Crippen LogP contribution < -0.4 is 15.8 Å². The molecule has 168 valence electrons. The van der Waals surface area contributed by atoms with E-state index in [4.69, 9.17) is 15.2 Å². The number of hydrogen-bond acceptors (Lipinski definition) is 6. The molecule has 2 heterocycles. The lowest BCUT2D eigenvalue weighted by atomic mass is 9.87. The van der Waals surface area contributed by atoms with E-state index in [1.54, 1.807) is 31.2 Å². The van der Waals surface area contributed by atoms with E-state index in [1.807, 2.05) is 30.3 Å². The highest BCUT2D eigenvalue weighted by Crippen LogP contribution is 2.34. The summed E-state index contributed by atoms with van der Waals surface area (Å²) in [6.07, 6.45) is 0.377. The van der Waals surface area contributed by atoms with E-state index >= 15 is 0 Å². The second-order valence-electron chi connectivity index (χ2n) is 8.21. The van der Waals surface area contributed by atoms with Gasteiger partial charge in [-0.2, -0.15) is 0 Å². The molecule has 0 unspecified atom stereocenters. The number of nitrogens with one attached hydrogen (secondary N) is 1. The largest absolute Gasteiger partial charge is 0.490 e. The number of carbonyl (C=O) groups excluding carboxylic acids is 3. The van der Waals surface area contributed by atoms with Gasteiger partial charge in [0.1, 0.15) is 23.8 Å². The van der Waals surface area contributed by atoms with Crippen LogP contribution >= 0.6 is 0 Å². The van der Waals surface area contributed by atoms with Crippen LogP contribution in [0.1, 0.15) is 22.8 Å². The average Bonchev–Trinajstić information content (AvgIpc) is 3.10. The van der Waals surface area contributed by atoms with E-state index in [2.05, 4.69) is 5.32 Å². The number of para-hydroxylation sites is 1. The lowest BCUT2D eigenvalue weighted by Gasteiger charge is -2.32. The molecule has 2 aromatic carbocycles. The van der Waals surface area contributed by atoms with Crippen LogP contribution in [0.3, 0.4) is 0 Å². The van der Waals surface area contributed by atoms with Gasteiger partial charge < -0.3 is 25.4 Å². The second kappa shape index (κ2) is 9.00. The molecule has 3 N–H and O–H groups in total. The molecule has 0 aliphatic carbocycles. The van der Waals surface area contributed by atoms with Gasteiger partial charge in [0.25, 0.3) is 5.91 Å². The number of carbonyl (C=O) groups is 3. The van der Waals surface area contributed by atoms with Crippen LogP contribution in [-0.2, 0) is 20.7 Å². The molecule has 2 aromatic rings. The zero-order valence-corrected chi connectivity index (χ0v) is 18.0. The van der Waals surface area contributed by atoms with E-state index in [0.29, 0.717) is 17.7 Å². The van der Waals surface area contributed by atoms with Crippen LogP contribution in [0, 0.1) is 5.92 Å². The van der Waals surface area contributed by atoms with Crippen molar-refractivity contribution in [2.24, 2.45) is 11.7 Å². The summed E-state index contributed by atoms with van der Waals surface area (Å²) in [5, 5.41) is 2.97. The molecule has 8 nitrogen and oxygen atoms in total. The minimum absolute atomic E-state index is 0.0386. The third-order valence-corrected chi connectivity index (χ3v) is 6.02. The lowest BCUT2D eigenvalue weighted by molar-refractivity contribution is -0.150. The van der Waals surface area contributed by atoms with Gasteiger partial charge in [-0.3, -0.25) is 14.4 Å². The number of benzene rings is 2. The van der Waals surface area contributed by atoms with Gasteiger partial charge in [0.05, 0.1) is 18.2 Å². The highest BCUT2D eigenvalue weighted by atomic mass is 16.5. The molecule has 2 aliphatic heterocycles. The van der Waals surface area contributed by atoms with E-state index < -0.39 is 23.5 Å². The fourth-order valence-corrected chi connectivity index (χ4v) is 4.40. The molecule has 1 spiro atoms. The molecule has 32 heavy (non-hydrogen) atoms. The first-order valence-electron chi connectivity index (χ1n) is 10.7. The Morgan fingerprint density at radius 3 is 2.69 bits per heavy atom. The van der Waals surface area contributed by atoms with E-state index in [1.165, 1.54) is 4.90 Å². The minimum Gasteiger partial charge on any atom is -0.490 e. The van der Waals surface area contributed by atoms with Crippen molar-refractivity contribution in [2.75, 3.05) is 26.3 Å². The second-order valence-corrected chi connectivity index (χ2v) is 8.21. The van der Waals surface area contributed by atoms with Crippen molar-refractivity contribution in [3.8, 4) is 5.75 Å². The number of amides is 2. The zero-order valence-electron chi connectivity index (χ0n) is 18.0. The smallest absolute Gasteiger partial charge is 0.313 e. The van der Waals surface area contributed by atoms with Crippen LogP contribution in [0.15, 0.2) is 54.6 Å². The molecule has 0 saturated carbocycles. The fraction of sp³-hybridized carbons (Fsp3) is 0.375. The van der Waals surface area contributed by atoms with Crippen molar-refractivity contribution in [3.05, 3.63) is 65.7 Å². The Labute approximate surface area is 186 Å². The summed E-state index contributed by atoms with van der Waals surface area (Å²) < 4.78 is 11.2. The van der Waals surface area contributed by atoms with Crippen molar-refractivity contribution in [2.45, 2.75) is 24.9 Å². The van der Waals surface area contributed by atoms with E-state index in [-0.39, 0.29) is 38.1 Å². The number of nitrogens with two attached hydrogens (primary N) is 1. The zero-order chi connectivity index (χ0) is 22.7. The minimum atomic E-state index is -1.11. The van der Waals surface area contributed by atoms with Crippen LogP contribution in [0.25, 0.3) is 0 Å². The van der Waals surface area contributed by atoms with Gasteiger partial charge >= 0.3 is 5.97 Å². The number of likely N-dealkylation sites (tertiary alicyclic amines) is 1. The number of rotatable bonds is 5. The summed E-state index contributed by atoms with van der Waals surface area (Å²) in [6, 6.07) is 15.6. The predicted octanol–water partition coefficient (Wildman–Crippen LogP) is 1.14. The first-order valence-corrected chi connectivity index (χ1v) is 10.7. The Bertz CT molecular complexity index is 1010. The molecule has 1 fully saturated rings. The van der Waals surface area contributed by atoms with Crippen molar-refractivity contribution < 1.29 is 23.9 Å². The first kappa shape index (κ1) is 21.8. The van der Waals surface area contributed by atoms with Crippen molar-refractivity contribution >= 4 is 17.8 Å². The first-order chi connectivity index (χ1) is 15.4. The summed E-state index contributed by atoms with van der Waals surface area (Å²) in [5.41, 5.74) is 6.46. The standard InChI is InChI=1S/C24H27N3O5/c1-2-31-23(30)18-13-27(22(29)19(25)12-16-8-4-3-5-9-16)14-24(18)15-32-20-11-7-6-10-17(20)21(28)26-24/h3-11,18-19H,2,12-15,25H2,1H3,(H,26,28)/t18-,19-,24-/m0/s1. The summed E-state index contributed by atoms with van der Waals surface area (Å²) in [6.45, 7) is 2.16. The Hall–Kier alpha value is -3.39. The maximum absolute atomic E-state index is 13.2. The molecule has 3 atom stereocenters. The van der Waals surface area contributed by atoms with Gasteiger partial charge in [0.2, 0.25) is 5.91 Å².